The molecule has 6 nitrogen and oxygen atoms in total. The molecule has 1 saturated heterocycles. The van der Waals surface area contributed by atoms with Crippen LogP contribution in [0, 0.1) is 5.82 Å². The number of benzene rings is 2. The van der Waals surface area contributed by atoms with Gasteiger partial charge in [-0.2, -0.15) is 0 Å². The Kier molecular flexibility index (Phi) is 5.01. The molecule has 3 aromatic rings. The lowest BCUT2D eigenvalue weighted by molar-refractivity contribution is -0.00941. The lowest BCUT2D eigenvalue weighted by atomic mass is 9.86. The summed E-state index contributed by atoms with van der Waals surface area (Å²) in [4.78, 5) is 14.8. The third kappa shape index (κ3) is 3.19. The number of amides is 1. The fourth-order valence-electron chi connectivity index (χ4n) is 4.61. The van der Waals surface area contributed by atoms with Crippen molar-refractivity contribution in [1.29, 1.82) is 0 Å². The van der Waals surface area contributed by atoms with Crippen LogP contribution in [-0.4, -0.2) is 42.7 Å². The van der Waals surface area contributed by atoms with E-state index in [1.807, 2.05) is 36.5 Å². The number of piperidine rings is 1. The zero-order valence-electron chi connectivity index (χ0n) is 17.7. The van der Waals surface area contributed by atoms with Crippen LogP contribution in [0.1, 0.15) is 28.9 Å². The first-order chi connectivity index (χ1) is 15.5. The summed E-state index contributed by atoms with van der Waals surface area (Å²) in [6.45, 7) is 0.849. The molecule has 0 aliphatic carbocycles. The van der Waals surface area contributed by atoms with Gasteiger partial charge in [-0.05, 0) is 30.3 Å². The maximum Gasteiger partial charge on any atom is 0.256 e. The Bertz CT molecular complexity index is 1200. The van der Waals surface area contributed by atoms with Crippen molar-refractivity contribution in [3.8, 4) is 22.9 Å². The van der Waals surface area contributed by atoms with Crippen molar-refractivity contribution >= 4 is 17.5 Å². The average molecular weight is 457 g/mol. The first-order valence-electron chi connectivity index (χ1n) is 10.3. The van der Waals surface area contributed by atoms with Crippen LogP contribution in [0.25, 0.3) is 5.69 Å². The van der Waals surface area contributed by atoms with E-state index in [9.17, 15) is 9.18 Å². The van der Waals surface area contributed by atoms with Gasteiger partial charge in [-0.25, -0.2) is 4.39 Å². The van der Waals surface area contributed by atoms with E-state index in [1.54, 1.807) is 4.90 Å². The van der Waals surface area contributed by atoms with E-state index in [4.69, 9.17) is 25.8 Å². The van der Waals surface area contributed by atoms with Gasteiger partial charge in [0.25, 0.3) is 5.91 Å². The monoisotopic (exact) mass is 456 g/mol. The number of aromatic nitrogens is 1. The number of hydrogen-bond donors (Lipinski definition) is 0. The Morgan fingerprint density at radius 1 is 1.09 bits per heavy atom. The van der Waals surface area contributed by atoms with Gasteiger partial charge in [0.15, 0.2) is 17.1 Å². The summed E-state index contributed by atoms with van der Waals surface area (Å²) in [5, 5.41) is 0.603. The first-order valence-corrected chi connectivity index (χ1v) is 10.7. The smallest absolute Gasteiger partial charge is 0.256 e. The SMILES string of the molecule is COc1cc(F)c(C(=O)N2CCC3(CC2)Oc2cc(Cl)ccc2-n2cccc23)cc1OC. The van der Waals surface area contributed by atoms with E-state index >= 15 is 0 Å². The number of rotatable bonds is 3. The topological polar surface area (TPSA) is 52.9 Å². The lowest BCUT2D eigenvalue weighted by Gasteiger charge is -2.45. The lowest BCUT2D eigenvalue weighted by Crippen LogP contribution is -2.50. The minimum absolute atomic E-state index is 0.0383. The number of fused-ring (bicyclic) bond motifs is 4. The van der Waals surface area contributed by atoms with Crippen LogP contribution < -0.4 is 14.2 Å². The molecule has 0 atom stereocenters. The zero-order valence-corrected chi connectivity index (χ0v) is 18.5. The molecular formula is C24H22ClFN2O4. The molecule has 0 N–H and O–H groups in total. The molecule has 32 heavy (non-hydrogen) atoms. The summed E-state index contributed by atoms with van der Waals surface area (Å²) >= 11 is 6.20. The number of likely N-dealkylation sites (tertiary alicyclic amines) is 1. The van der Waals surface area contributed by atoms with Crippen molar-refractivity contribution in [3.63, 3.8) is 0 Å². The number of hydrogen-bond acceptors (Lipinski definition) is 4. The van der Waals surface area contributed by atoms with Crippen LogP contribution >= 0.6 is 11.6 Å². The third-order valence-electron chi connectivity index (χ3n) is 6.26. The highest BCUT2D eigenvalue weighted by Gasteiger charge is 2.45. The van der Waals surface area contributed by atoms with Gasteiger partial charge in [-0.3, -0.25) is 4.79 Å². The maximum atomic E-state index is 14.6. The van der Waals surface area contributed by atoms with Crippen molar-refractivity contribution in [2.45, 2.75) is 18.4 Å². The van der Waals surface area contributed by atoms with Crippen molar-refractivity contribution in [2.75, 3.05) is 27.3 Å². The molecule has 0 saturated carbocycles. The Balaban J connectivity index is 1.41. The van der Waals surface area contributed by atoms with E-state index in [0.29, 0.717) is 42.5 Å². The average Bonchev–Trinajstić information content (AvgIpc) is 3.30. The van der Waals surface area contributed by atoms with Crippen LogP contribution in [0.2, 0.25) is 5.02 Å². The van der Waals surface area contributed by atoms with Gasteiger partial charge in [0.05, 0.1) is 31.2 Å². The van der Waals surface area contributed by atoms with Crippen molar-refractivity contribution < 1.29 is 23.4 Å². The first kappa shape index (κ1) is 20.7. The highest BCUT2D eigenvalue weighted by Crippen LogP contribution is 2.46. The molecule has 2 aromatic carbocycles. The molecule has 1 fully saturated rings. The van der Waals surface area contributed by atoms with Crippen molar-refractivity contribution in [3.05, 3.63) is 70.8 Å². The van der Waals surface area contributed by atoms with Gasteiger partial charge in [-0.15, -0.1) is 0 Å². The quantitative estimate of drug-likeness (QED) is 0.567. The van der Waals surface area contributed by atoms with Crippen molar-refractivity contribution in [1.82, 2.24) is 9.47 Å². The van der Waals surface area contributed by atoms with E-state index in [0.717, 1.165) is 11.4 Å². The zero-order chi connectivity index (χ0) is 22.5. The molecule has 1 amide bonds. The molecule has 2 aliphatic heterocycles. The Morgan fingerprint density at radius 2 is 1.81 bits per heavy atom. The minimum atomic E-state index is -0.640. The number of carbonyl (C=O) groups excluding carboxylic acids is 1. The Morgan fingerprint density at radius 3 is 2.53 bits per heavy atom. The third-order valence-corrected chi connectivity index (χ3v) is 6.50. The summed E-state index contributed by atoms with van der Waals surface area (Å²) < 4.78 is 33.6. The van der Waals surface area contributed by atoms with Gasteiger partial charge in [0.2, 0.25) is 0 Å². The van der Waals surface area contributed by atoms with Crippen LogP contribution in [0.15, 0.2) is 48.7 Å². The molecule has 0 unspecified atom stereocenters. The Labute approximate surface area is 190 Å². The van der Waals surface area contributed by atoms with Gasteiger partial charge in [0, 0.05) is 49.3 Å². The normalized spacial score (nSPS) is 16.2. The predicted molar refractivity (Wildman–Crippen MR) is 118 cm³/mol. The molecule has 3 heterocycles. The second-order valence-electron chi connectivity index (χ2n) is 7.95. The highest BCUT2D eigenvalue weighted by atomic mass is 35.5. The number of nitrogens with zero attached hydrogens (tertiary/aromatic N) is 2. The summed E-state index contributed by atoms with van der Waals surface area (Å²) in [5.41, 5.74) is 1.36. The van der Waals surface area contributed by atoms with Gasteiger partial charge >= 0.3 is 0 Å². The maximum absolute atomic E-state index is 14.6. The van der Waals surface area contributed by atoms with Crippen molar-refractivity contribution in [2.24, 2.45) is 0 Å². The molecule has 0 bridgehead atoms. The van der Waals surface area contributed by atoms with Gasteiger partial charge in [-0.1, -0.05) is 11.6 Å². The number of ether oxygens (including phenoxy) is 3. The van der Waals surface area contributed by atoms with Crippen LogP contribution in [0.4, 0.5) is 4.39 Å². The van der Waals surface area contributed by atoms with E-state index in [1.165, 1.54) is 26.4 Å². The van der Waals surface area contributed by atoms with E-state index in [-0.39, 0.29) is 17.2 Å². The molecular weight excluding hydrogens is 435 g/mol. The van der Waals surface area contributed by atoms with Gasteiger partial charge < -0.3 is 23.7 Å². The number of carbonyl (C=O) groups is 1. The fraction of sp³-hybridized carbons (Fsp3) is 0.292. The molecule has 166 valence electrons. The largest absolute Gasteiger partial charge is 0.493 e. The van der Waals surface area contributed by atoms with Crippen LogP contribution in [-0.2, 0) is 5.60 Å². The van der Waals surface area contributed by atoms with Crippen LogP contribution in [0.3, 0.4) is 0 Å². The van der Waals surface area contributed by atoms with E-state index in [2.05, 4.69) is 4.57 Å². The van der Waals surface area contributed by atoms with Gasteiger partial charge in [0.1, 0.15) is 11.6 Å². The second-order valence-corrected chi connectivity index (χ2v) is 8.39. The molecule has 0 radical (unpaired) electrons. The standard InChI is InChI=1S/C24H22ClFN2O4/c1-30-20-13-16(17(26)14-21(20)31-2)23(29)27-10-7-24(8-11-27)22-4-3-9-28(22)18-6-5-15(25)12-19(18)32-24/h3-6,9,12-14H,7-8,10-11H2,1-2H3. The minimum Gasteiger partial charge on any atom is -0.493 e. The number of halogens is 2. The summed E-state index contributed by atoms with van der Waals surface area (Å²) in [6, 6.07) is 12.2. The molecule has 8 heteroatoms. The molecule has 2 aliphatic rings. The molecule has 1 aromatic heterocycles. The highest BCUT2D eigenvalue weighted by molar-refractivity contribution is 6.30. The Hall–Kier alpha value is -3.19. The molecule has 5 rings (SSSR count). The second kappa shape index (κ2) is 7.74. The summed E-state index contributed by atoms with van der Waals surface area (Å²) in [7, 11) is 2.88. The van der Waals surface area contributed by atoms with E-state index < -0.39 is 11.4 Å². The molecule has 1 spiro atoms. The van der Waals surface area contributed by atoms with Crippen LogP contribution in [0.5, 0.6) is 17.2 Å². The predicted octanol–water partition coefficient (Wildman–Crippen LogP) is 4.81. The summed E-state index contributed by atoms with van der Waals surface area (Å²) in [6.07, 6.45) is 3.15. The summed E-state index contributed by atoms with van der Waals surface area (Å²) in [5.74, 6) is 0.250. The number of methoxy groups -OCH3 is 2. The fourth-order valence-corrected chi connectivity index (χ4v) is 4.77.